The lowest BCUT2D eigenvalue weighted by Crippen LogP contribution is -2.36. The molecule has 0 aliphatic carbocycles. The summed E-state index contributed by atoms with van der Waals surface area (Å²) in [5, 5.41) is 12.4. The summed E-state index contributed by atoms with van der Waals surface area (Å²) in [5.74, 6) is -0.520. The Bertz CT molecular complexity index is 771. The lowest BCUT2D eigenvalue weighted by Gasteiger charge is -2.31. The van der Waals surface area contributed by atoms with Gasteiger partial charge in [-0.25, -0.2) is 4.98 Å². The molecule has 2 N–H and O–H groups in total. The van der Waals surface area contributed by atoms with Gasteiger partial charge in [0.1, 0.15) is 5.82 Å². The average molecular weight is 360 g/mol. The van der Waals surface area contributed by atoms with Crippen LogP contribution in [0.3, 0.4) is 0 Å². The van der Waals surface area contributed by atoms with Crippen molar-refractivity contribution in [3.63, 3.8) is 0 Å². The van der Waals surface area contributed by atoms with Crippen LogP contribution in [0.15, 0.2) is 42.6 Å². The molecular weight excluding hydrogens is 342 g/mol. The molecule has 2 aromatic rings. The van der Waals surface area contributed by atoms with Gasteiger partial charge in [-0.2, -0.15) is 0 Å². The zero-order valence-corrected chi connectivity index (χ0v) is 14.2. The number of benzene rings is 1. The average Bonchev–Trinajstić information content (AvgIpc) is 2.62. The van der Waals surface area contributed by atoms with Crippen molar-refractivity contribution >= 4 is 35.0 Å². The van der Waals surface area contributed by atoms with Gasteiger partial charge in [0.2, 0.25) is 0 Å². The number of piperidine rings is 1. The zero-order chi connectivity index (χ0) is 17.8. The lowest BCUT2D eigenvalue weighted by molar-refractivity contribution is -0.142. The second kappa shape index (κ2) is 7.53. The lowest BCUT2D eigenvalue weighted by atomic mass is 9.97. The number of halogens is 1. The van der Waals surface area contributed by atoms with Crippen LogP contribution in [0.5, 0.6) is 0 Å². The van der Waals surface area contributed by atoms with Gasteiger partial charge in [-0.3, -0.25) is 9.59 Å². The number of aromatic nitrogens is 1. The number of hydrogen-bond donors (Lipinski definition) is 2. The summed E-state index contributed by atoms with van der Waals surface area (Å²) in [7, 11) is 0. The van der Waals surface area contributed by atoms with Crippen LogP contribution in [0, 0.1) is 5.92 Å². The highest BCUT2D eigenvalue weighted by Crippen LogP contribution is 2.22. The summed E-state index contributed by atoms with van der Waals surface area (Å²) in [6.45, 7) is 1.30. The molecule has 7 heteroatoms. The highest BCUT2D eigenvalue weighted by atomic mass is 35.5. The third-order valence-corrected chi connectivity index (χ3v) is 4.50. The summed E-state index contributed by atoms with van der Waals surface area (Å²) in [6.07, 6.45) is 2.74. The standard InChI is InChI=1S/C18H18ClN3O3/c19-14-2-1-3-15(10-14)21-17(23)13-4-5-16(20-11-13)22-8-6-12(7-9-22)18(24)25/h1-5,10-12H,6-9H2,(H,21,23)(H,24,25). The molecule has 25 heavy (non-hydrogen) atoms. The van der Waals surface area contributed by atoms with Crippen molar-refractivity contribution in [2.75, 3.05) is 23.3 Å². The number of pyridine rings is 1. The van der Waals surface area contributed by atoms with E-state index >= 15 is 0 Å². The Morgan fingerprint density at radius 2 is 1.96 bits per heavy atom. The third kappa shape index (κ3) is 4.28. The number of carboxylic acid groups (broad SMARTS) is 1. The fraction of sp³-hybridized carbons (Fsp3) is 0.278. The number of nitrogens with one attached hydrogen (secondary N) is 1. The SMILES string of the molecule is O=C(Nc1cccc(Cl)c1)c1ccc(N2CCC(C(=O)O)CC2)nc1. The molecule has 0 spiro atoms. The Kier molecular flexibility index (Phi) is 5.19. The van der Waals surface area contributed by atoms with Crippen LogP contribution in [0.25, 0.3) is 0 Å². The largest absolute Gasteiger partial charge is 0.481 e. The van der Waals surface area contributed by atoms with Crippen LogP contribution in [0.1, 0.15) is 23.2 Å². The van der Waals surface area contributed by atoms with Crippen LogP contribution in [-0.4, -0.2) is 35.1 Å². The van der Waals surface area contributed by atoms with Crippen LogP contribution >= 0.6 is 11.6 Å². The fourth-order valence-electron chi connectivity index (χ4n) is 2.83. The molecule has 0 radical (unpaired) electrons. The summed E-state index contributed by atoms with van der Waals surface area (Å²) in [4.78, 5) is 29.6. The number of nitrogens with zero attached hydrogens (tertiary/aromatic N) is 2. The van der Waals surface area contributed by atoms with E-state index in [2.05, 4.69) is 10.3 Å². The molecule has 1 aromatic carbocycles. The van der Waals surface area contributed by atoms with E-state index in [1.54, 1.807) is 36.4 Å². The predicted octanol–water partition coefficient (Wildman–Crippen LogP) is 3.29. The number of aliphatic carboxylic acids is 1. The molecule has 0 atom stereocenters. The van der Waals surface area contributed by atoms with Crippen molar-refractivity contribution < 1.29 is 14.7 Å². The molecule has 2 heterocycles. The van der Waals surface area contributed by atoms with Crippen molar-refractivity contribution in [1.82, 2.24) is 4.98 Å². The molecule has 6 nitrogen and oxygen atoms in total. The Balaban J connectivity index is 1.62. The Morgan fingerprint density at radius 1 is 1.20 bits per heavy atom. The quantitative estimate of drug-likeness (QED) is 0.875. The Hall–Kier alpha value is -2.60. The summed E-state index contributed by atoms with van der Waals surface area (Å²) < 4.78 is 0. The number of carboxylic acids is 1. The third-order valence-electron chi connectivity index (χ3n) is 4.26. The van der Waals surface area contributed by atoms with Gasteiger partial charge in [-0.15, -0.1) is 0 Å². The van der Waals surface area contributed by atoms with E-state index in [0.29, 0.717) is 42.2 Å². The Morgan fingerprint density at radius 3 is 2.56 bits per heavy atom. The normalized spacial score (nSPS) is 15.0. The van der Waals surface area contributed by atoms with E-state index in [4.69, 9.17) is 16.7 Å². The second-order valence-corrected chi connectivity index (χ2v) is 6.41. The first-order valence-electron chi connectivity index (χ1n) is 8.03. The fourth-order valence-corrected chi connectivity index (χ4v) is 3.02. The topological polar surface area (TPSA) is 82.5 Å². The predicted molar refractivity (Wildman–Crippen MR) is 96.2 cm³/mol. The number of carbonyl (C=O) groups excluding carboxylic acids is 1. The molecule has 1 saturated heterocycles. The minimum absolute atomic E-state index is 0.258. The van der Waals surface area contributed by atoms with Crippen LogP contribution < -0.4 is 10.2 Å². The van der Waals surface area contributed by atoms with Crippen LogP contribution in [0.2, 0.25) is 5.02 Å². The number of carbonyl (C=O) groups is 2. The number of hydrogen-bond acceptors (Lipinski definition) is 4. The smallest absolute Gasteiger partial charge is 0.306 e. The molecular formula is C18H18ClN3O3. The van der Waals surface area contributed by atoms with Crippen molar-refractivity contribution in [2.45, 2.75) is 12.8 Å². The maximum Gasteiger partial charge on any atom is 0.306 e. The molecule has 1 amide bonds. The van der Waals surface area contributed by atoms with E-state index in [1.807, 2.05) is 4.90 Å². The number of anilines is 2. The maximum absolute atomic E-state index is 12.3. The van der Waals surface area contributed by atoms with E-state index in [0.717, 1.165) is 5.82 Å². The first-order chi connectivity index (χ1) is 12.0. The monoisotopic (exact) mass is 359 g/mol. The van der Waals surface area contributed by atoms with Gasteiger partial charge in [0.15, 0.2) is 0 Å². The molecule has 1 aromatic heterocycles. The maximum atomic E-state index is 12.3. The summed E-state index contributed by atoms with van der Waals surface area (Å²) in [6, 6.07) is 10.4. The first-order valence-corrected chi connectivity index (χ1v) is 8.41. The molecule has 0 unspecified atom stereocenters. The van der Waals surface area contributed by atoms with Crippen molar-refractivity contribution in [2.24, 2.45) is 5.92 Å². The van der Waals surface area contributed by atoms with E-state index in [1.165, 1.54) is 6.20 Å². The molecule has 3 rings (SSSR count). The zero-order valence-electron chi connectivity index (χ0n) is 13.5. The second-order valence-electron chi connectivity index (χ2n) is 5.97. The minimum Gasteiger partial charge on any atom is -0.481 e. The minimum atomic E-state index is -0.736. The first kappa shape index (κ1) is 17.2. The highest BCUT2D eigenvalue weighted by molar-refractivity contribution is 6.30. The number of rotatable bonds is 4. The van der Waals surface area contributed by atoms with Gasteiger partial charge in [0.25, 0.3) is 5.91 Å². The highest BCUT2D eigenvalue weighted by Gasteiger charge is 2.25. The van der Waals surface area contributed by atoms with Gasteiger partial charge < -0.3 is 15.3 Å². The van der Waals surface area contributed by atoms with Gasteiger partial charge in [0.05, 0.1) is 11.5 Å². The number of amides is 1. The van der Waals surface area contributed by atoms with E-state index in [-0.39, 0.29) is 11.8 Å². The summed E-state index contributed by atoms with van der Waals surface area (Å²) in [5.41, 5.74) is 1.07. The van der Waals surface area contributed by atoms with E-state index < -0.39 is 5.97 Å². The van der Waals surface area contributed by atoms with Crippen molar-refractivity contribution in [3.8, 4) is 0 Å². The molecule has 0 bridgehead atoms. The molecule has 1 fully saturated rings. The Labute approximate surface area is 150 Å². The van der Waals surface area contributed by atoms with E-state index in [9.17, 15) is 9.59 Å². The molecule has 1 aliphatic heterocycles. The van der Waals surface area contributed by atoms with Crippen molar-refractivity contribution in [1.29, 1.82) is 0 Å². The van der Waals surface area contributed by atoms with Gasteiger partial charge in [-0.1, -0.05) is 17.7 Å². The summed E-state index contributed by atoms with van der Waals surface area (Å²) >= 11 is 5.90. The van der Waals surface area contributed by atoms with Crippen LogP contribution in [0.4, 0.5) is 11.5 Å². The van der Waals surface area contributed by atoms with Gasteiger partial charge in [-0.05, 0) is 43.2 Å². The van der Waals surface area contributed by atoms with Crippen LogP contribution in [-0.2, 0) is 4.79 Å². The molecule has 1 aliphatic rings. The van der Waals surface area contributed by atoms with Gasteiger partial charge in [0, 0.05) is 30.0 Å². The van der Waals surface area contributed by atoms with Crippen molar-refractivity contribution in [3.05, 3.63) is 53.2 Å². The van der Waals surface area contributed by atoms with Gasteiger partial charge >= 0.3 is 5.97 Å². The molecule has 0 saturated carbocycles. The molecule has 130 valence electrons.